The molecule has 1 unspecified atom stereocenters. The molecule has 26 heavy (non-hydrogen) atoms. The Kier molecular flexibility index (Phi) is 4.00. The molecule has 1 fully saturated rings. The van der Waals surface area contributed by atoms with Crippen LogP contribution < -0.4 is 0 Å². The van der Waals surface area contributed by atoms with Crippen molar-refractivity contribution in [2.75, 3.05) is 0 Å². The van der Waals surface area contributed by atoms with Crippen molar-refractivity contribution in [3.05, 3.63) is 70.4 Å². The van der Waals surface area contributed by atoms with Crippen molar-refractivity contribution in [2.45, 2.75) is 38.2 Å². The van der Waals surface area contributed by atoms with Gasteiger partial charge in [0.05, 0.1) is 0 Å². The molecule has 2 atom stereocenters. The largest absolute Gasteiger partial charge is 0.476 e. The first-order valence-electron chi connectivity index (χ1n) is 8.79. The summed E-state index contributed by atoms with van der Waals surface area (Å²) in [4.78, 5) is 25.8. The van der Waals surface area contributed by atoms with Crippen LogP contribution in [0, 0.1) is 0 Å². The number of rotatable bonds is 3. The average molecular weight is 367 g/mol. The summed E-state index contributed by atoms with van der Waals surface area (Å²) in [5.41, 5.74) is 2.99. The molecule has 0 saturated carbocycles. The standard InChI is InChI=1S/C22H19ClO3/c1-3-13-12-15(14-4-7-16(23)8-5-14)6-9-17(13)19-20(24)18-10-11-22(2,26-18)21(19)25/h4-10,12,19H,3,11H2,1-2H3/t19?,22-/m1/s1. The van der Waals surface area contributed by atoms with E-state index < -0.39 is 11.5 Å². The lowest BCUT2D eigenvalue weighted by atomic mass is 9.78. The molecule has 0 amide bonds. The number of ether oxygens (including phenoxy) is 1. The molecule has 1 saturated heterocycles. The lowest BCUT2D eigenvalue weighted by Crippen LogP contribution is -2.46. The van der Waals surface area contributed by atoms with E-state index in [0.29, 0.717) is 17.2 Å². The number of ketones is 2. The maximum absolute atomic E-state index is 13.0. The highest BCUT2D eigenvalue weighted by Gasteiger charge is 2.53. The smallest absolute Gasteiger partial charge is 0.212 e. The second-order valence-corrected chi connectivity index (χ2v) is 7.48. The molecule has 2 aromatic carbocycles. The van der Waals surface area contributed by atoms with Crippen molar-refractivity contribution in [1.29, 1.82) is 0 Å². The highest BCUT2D eigenvalue weighted by Crippen LogP contribution is 2.43. The van der Waals surface area contributed by atoms with Crippen LogP contribution >= 0.6 is 11.6 Å². The van der Waals surface area contributed by atoms with Gasteiger partial charge in [-0.3, -0.25) is 9.59 Å². The van der Waals surface area contributed by atoms with Crippen molar-refractivity contribution in [2.24, 2.45) is 0 Å². The molecule has 2 bridgehead atoms. The molecule has 2 aliphatic heterocycles. The average Bonchev–Trinajstić information content (AvgIpc) is 3.02. The lowest BCUT2D eigenvalue weighted by Gasteiger charge is -2.33. The third kappa shape index (κ3) is 2.58. The Balaban J connectivity index is 1.77. The van der Waals surface area contributed by atoms with Crippen molar-refractivity contribution in [1.82, 2.24) is 0 Å². The first-order chi connectivity index (χ1) is 12.4. The number of aryl methyl sites for hydroxylation is 1. The van der Waals surface area contributed by atoms with Crippen molar-refractivity contribution < 1.29 is 14.3 Å². The molecule has 0 radical (unpaired) electrons. The number of halogens is 1. The molecule has 2 aliphatic rings. The Hall–Kier alpha value is -2.39. The summed E-state index contributed by atoms with van der Waals surface area (Å²) < 4.78 is 5.59. The fraction of sp³-hybridized carbons (Fsp3) is 0.273. The van der Waals surface area contributed by atoms with Crippen LogP contribution in [0.5, 0.6) is 0 Å². The minimum atomic E-state index is -0.909. The normalized spacial score (nSPS) is 24.4. The Morgan fingerprint density at radius 1 is 1.12 bits per heavy atom. The molecule has 2 heterocycles. The van der Waals surface area contributed by atoms with Crippen molar-refractivity contribution in [3.63, 3.8) is 0 Å². The van der Waals surface area contributed by atoms with Crippen LogP contribution in [0.4, 0.5) is 0 Å². The molecule has 132 valence electrons. The quantitative estimate of drug-likeness (QED) is 0.728. The van der Waals surface area contributed by atoms with E-state index in [4.69, 9.17) is 16.3 Å². The maximum atomic E-state index is 13.0. The fourth-order valence-corrected chi connectivity index (χ4v) is 3.91. The first-order valence-corrected chi connectivity index (χ1v) is 9.17. The fourth-order valence-electron chi connectivity index (χ4n) is 3.78. The Morgan fingerprint density at radius 3 is 2.50 bits per heavy atom. The monoisotopic (exact) mass is 366 g/mol. The molecule has 0 aliphatic carbocycles. The topological polar surface area (TPSA) is 43.4 Å². The van der Waals surface area contributed by atoms with Gasteiger partial charge in [0.1, 0.15) is 5.92 Å². The van der Waals surface area contributed by atoms with E-state index >= 15 is 0 Å². The van der Waals surface area contributed by atoms with Crippen molar-refractivity contribution >= 4 is 23.2 Å². The highest BCUT2D eigenvalue weighted by molar-refractivity contribution is 6.30. The number of carbonyl (C=O) groups excluding carboxylic acids is 2. The summed E-state index contributed by atoms with van der Waals surface area (Å²) in [5, 5.41) is 0.691. The van der Waals surface area contributed by atoms with Gasteiger partial charge in [0.25, 0.3) is 0 Å². The number of benzene rings is 2. The minimum absolute atomic E-state index is 0.144. The van der Waals surface area contributed by atoms with E-state index in [1.165, 1.54) is 0 Å². The summed E-state index contributed by atoms with van der Waals surface area (Å²) in [5.74, 6) is -0.800. The van der Waals surface area contributed by atoms with E-state index in [-0.39, 0.29) is 11.6 Å². The third-order valence-corrected chi connectivity index (χ3v) is 5.57. The molecular weight excluding hydrogens is 348 g/mol. The minimum Gasteiger partial charge on any atom is -0.476 e. The molecule has 0 spiro atoms. The van der Waals surface area contributed by atoms with Crippen LogP contribution in [-0.4, -0.2) is 17.2 Å². The van der Waals surface area contributed by atoms with Crippen LogP contribution in [-0.2, 0) is 20.7 Å². The number of hydrogen-bond acceptors (Lipinski definition) is 3. The molecule has 4 heteroatoms. The molecule has 0 aromatic heterocycles. The van der Waals surface area contributed by atoms with Crippen LogP contribution in [0.15, 0.2) is 54.3 Å². The van der Waals surface area contributed by atoms with E-state index in [1.54, 1.807) is 13.0 Å². The second-order valence-electron chi connectivity index (χ2n) is 7.04. The van der Waals surface area contributed by atoms with Gasteiger partial charge < -0.3 is 4.74 Å². The summed E-state index contributed by atoms with van der Waals surface area (Å²) in [6, 6.07) is 13.6. The first kappa shape index (κ1) is 17.0. The number of Topliss-reactive ketones (excluding diaryl/α,β-unsaturated/α-hetero) is 2. The summed E-state index contributed by atoms with van der Waals surface area (Å²) in [6.07, 6.45) is 2.95. The van der Waals surface area contributed by atoms with Crippen LogP contribution in [0.3, 0.4) is 0 Å². The summed E-state index contributed by atoms with van der Waals surface area (Å²) in [6.45, 7) is 3.81. The van der Waals surface area contributed by atoms with Crippen LogP contribution in [0.25, 0.3) is 11.1 Å². The number of carbonyl (C=O) groups is 2. The van der Waals surface area contributed by atoms with Gasteiger partial charge in [0, 0.05) is 11.4 Å². The summed E-state index contributed by atoms with van der Waals surface area (Å²) in [7, 11) is 0. The third-order valence-electron chi connectivity index (χ3n) is 5.31. The lowest BCUT2D eigenvalue weighted by molar-refractivity contribution is -0.148. The van der Waals surface area contributed by atoms with Crippen molar-refractivity contribution in [3.8, 4) is 11.1 Å². The van der Waals surface area contributed by atoms with Gasteiger partial charge >= 0.3 is 0 Å². The van der Waals surface area contributed by atoms with Gasteiger partial charge in [-0.05, 0) is 53.8 Å². The number of allylic oxidation sites excluding steroid dienone is 1. The van der Waals surface area contributed by atoms with Gasteiger partial charge in [0.2, 0.25) is 5.78 Å². The number of hydrogen-bond donors (Lipinski definition) is 0. The highest BCUT2D eigenvalue weighted by atomic mass is 35.5. The Bertz CT molecular complexity index is 942. The van der Waals surface area contributed by atoms with E-state index in [1.807, 2.05) is 43.3 Å². The summed E-state index contributed by atoms with van der Waals surface area (Å²) >= 11 is 5.97. The maximum Gasteiger partial charge on any atom is 0.212 e. The van der Waals surface area contributed by atoms with Crippen LogP contribution in [0.2, 0.25) is 5.02 Å². The molecule has 2 aromatic rings. The zero-order valence-corrected chi connectivity index (χ0v) is 15.5. The zero-order chi connectivity index (χ0) is 18.5. The van der Waals surface area contributed by atoms with E-state index in [2.05, 4.69) is 6.07 Å². The van der Waals surface area contributed by atoms with Crippen LogP contribution in [0.1, 0.15) is 37.3 Å². The molecular formula is C22H19ClO3. The Morgan fingerprint density at radius 2 is 1.81 bits per heavy atom. The zero-order valence-electron chi connectivity index (χ0n) is 14.7. The van der Waals surface area contributed by atoms with E-state index in [0.717, 1.165) is 28.7 Å². The van der Waals surface area contributed by atoms with Gasteiger partial charge in [-0.25, -0.2) is 0 Å². The van der Waals surface area contributed by atoms with E-state index in [9.17, 15) is 9.59 Å². The molecule has 0 N–H and O–H groups in total. The van der Waals surface area contributed by atoms with Gasteiger partial charge in [0.15, 0.2) is 17.1 Å². The predicted octanol–water partition coefficient (Wildman–Crippen LogP) is 4.87. The number of fused-ring (bicyclic) bond motifs is 2. The predicted molar refractivity (Wildman–Crippen MR) is 101 cm³/mol. The SMILES string of the molecule is CCc1cc(-c2ccc(Cl)cc2)ccc1C1C(=O)C2=CC[C@@](C)(O2)C1=O. The molecule has 3 nitrogen and oxygen atoms in total. The van der Waals surface area contributed by atoms with Gasteiger partial charge in [-0.2, -0.15) is 0 Å². The molecule has 4 rings (SSSR count). The second kappa shape index (κ2) is 6.10. The van der Waals surface area contributed by atoms with Gasteiger partial charge in [-0.1, -0.05) is 48.9 Å². The Labute approximate surface area is 157 Å². The van der Waals surface area contributed by atoms with Gasteiger partial charge in [-0.15, -0.1) is 0 Å².